The fourth-order valence-electron chi connectivity index (χ4n) is 4.59. The van der Waals surface area contributed by atoms with Gasteiger partial charge in [-0.15, -0.1) is 22.7 Å². The highest BCUT2D eigenvalue weighted by molar-refractivity contribution is 7.23. The number of nitrogens with one attached hydrogen (secondary N) is 1. The lowest BCUT2D eigenvalue weighted by molar-refractivity contribution is 0.0600. The molecule has 37 heavy (non-hydrogen) atoms. The maximum absolute atomic E-state index is 13.5. The Kier molecular flexibility index (Phi) is 7.62. The Hall–Kier alpha value is -2.79. The van der Waals surface area contributed by atoms with Crippen LogP contribution in [-0.2, 0) is 11.3 Å². The van der Waals surface area contributed by atoms with E-state index in [4.69, 9.17) is 16.3 Å². The molecule has 0 saturated carbocycles. The molecule has 3 aromatic heterocycles. The summed E-state index contributed by atoms with van der Waals surface area (Å²) in [5.41, 5.74) is 1.74. The van der Waals surface area contributed by atoms with Crippen LogP contribution in [0.3, 0.4) is 0 Å². The van der Waals surface area contributed by atoms with Crippen molar-refractivity contribution in [3.63, 3.8) is 0 Å². The lowest BCUT2D eigenvalue weighted by atomic mass is 10.0. The largest absolute Gasteiger partial charge is 0.465 e. The molecule has 0 spiro atoms. The highest BCUT2D eigenvalue weighted by Gasteiger charge is 2.26. The minimum absolute atomic E-state index is 0.0972. The summed E-state index contributed by atoms with van der Waals surface area (Å²) < 4.78 is 7.48. The van der Waals surface area contributed by atoms with Gasteiger partial charge in [0.25, 0.3) is 5.91 Å². The molecule has 1 fully saturated rings. The van der Waals surface area contributed by atoms with Crippen molar-refractivity contribution in [2.24, 2.45) is 0 Å². The number of carbonyl (C=O) groups is 2. The Morgan fingerprint density at radius 2 is 1.97 bits per heavy atom. The van der Waals surface area contributed by atoms with Gasteiger partial charge < -0.3 is 19.5 Å². The second kappa shape index (κ2) is 10.9. The fraction of sp³-hybridized carbons (Fsp3) is 0.385. The summed E-state index contributed by atoms with van der Waals surface area (Å²) in [5.74, 6) is -0.335. The van der Waals surface area contributed by atoms with E-state index in [1.165, 1.54) is 18.4 Å². The van der Waals surface area contributed by atoms with Crippen LogP contribution in [0.1, 0.15) is 52.5 Å². The summed E-state index contributed by atoms with van der Waals surface area (Å²) in [6, 6.07) is 9.55. The average molecular weight is 558 g/mol. The maximum atomic E-state index is 13.5. The third-order valence-corrected chi connectivity index (χ3v) is 9.00. The van der Waals surface area contributed by atoms with Crippen LogP contribution in [0.4, 0.5) is 0 Å². The molecule has 1 aliphatic rings. The number of hydrogen-bond acceptors (Lipinski definition) is 8. The van der Waals surface area contributed by atoms with Crippen molar-refractivity contribution < 1.29 is 14.3 Å². The molecule has 0 aliphatic carbocycles. The number of fused-ring (bicyclic) bond motifs is 1. The predicted octanol–water partition coefficient (Wildman–Crippen LogP) is 5.31. The molecule has 1 aliphatic heterocycles. The number of rotatable bonds is 7. The lowest BCUT2D eigenvalue weighted by Crippen LogP contribution is -2.47. The van der Waals surface area contributed by atoms with Gasteiger partial charge in [0.05, 0.1) is 39.5 Å². The van der Waals surface area contributed by atoms with E-state index < -0.39 is 5.97 Å². The molecule has 4 aromatic rings. The molecule has 0 radical (unpaired) electrons. The number of imidazole rings is 1. The summed E-state index contributed by atoms with van der Waals surface area (Å²) in [6.07, 6.45) is 3.61. The zero-order valence-corrected chi connectivity index (χ0v) is 23.3. The van der Waals surface area contributed by atoms with E-state index in [1.54, 1.807) is 29.5 Å². The summed E-state index contributed by atoms with van der Waals surface area (Å²) in [4.78, 5) is 39.3. The predicted molar refractivity (Wildman–Crippen MR) is 148 cm³/mol. The van der Waals surface area contributed by atoms with Gasteiger partial charge in [-0.25, -0.2) is 14.8 Å². The SMILES string of the molecule is COC(=O)c1ccc2nc(C(=O)NC3CCN(C(C)C)CC3)n(Cc3cnc(-c4ccc(Cl)s4)s3)c2c1. The lowest BCUT2D eigenvalue weighted by Gasteiger charge is -2.34. The first kappa shape index (κ1) is 25.8. The number of piperidine rings is 1. The van der Waals surface area contributed by atoms with Gasteiger partial charge in [0.1, 0.15) is 5.01 Å². The summed E-state index contributed by atoms with van der Waals surface area (Å²) in [7, 11) is 1.35. The number of esters is 1. The molecule has 1 N–H and O–H groups in total. The summed E-state index contributed by atoms with van der Waals surface area (Å²) in [5, 5.41) is 4.07. The van der Waals surface area contributed by atoms with Crippen LogP contribution >= 0.6 is 34.3 Å². The third-order valence-electron chi connectivity index (χ3n) is 6.62. The van der Waals surface area contributed by atoms with Crippen molar-refractivity contribution >= 4 is 57.2 Å². The van der Waals surface area contributed by atoms with E-state index in [2.05, 4.69) is 34.0 Å². The smallest absolute Gasteiger partial charge is 0.337 e. The number of benzene rings is 1. The number of thiophene rings is 1. The Bertz CT molecular complexity index is 1440. The Morgan fingerprint density at radius 1 is 1.19 bits per heavy atom. The number of halogens is 1. The Balaban J connectivity index is 1.45. The number of thiazole rings is 1. The minimum atomic E-state index is -0.438. The van der Waals surface area contributed by atoms with E-state index in [1.807, 2.05) is 22.9 Å². The van der Waals surface area contributed by atoms with Crippen molar-refractivity contribution in [2.45, 2.75) is 45.3 Å². The van der Waals surface area contributed by atoms with Gasteiger partial charge in [0, 0.05) is 36.2 Å². The zero-order valence-electron chi connectivity index (χ0n) is 20.9. The Labute approximate surface area is 228 Å². The van der Waals surface area contributed by atoms with E-state index in [0.29, 0.717) is 39.3 Å². The van der Waals surface area contributed by atoms with E-state index in [0.717, 1.165) is 40.7 Å². The summed E-state index contributed by atoms with van der Waals surface area (Å²) in [6.45, 7) is 6.70. The van der Waals surface area contributed by atoms with Crippen LogP contribution in [0.25, 0.3) is 20.9 Å². The molecule has 1 amide bonds. The standard InChI is InChI=1S/C26H28ClN5O3S2/c1-15(2)31-10-8-17(9-11-31)29-24(33)23-30-19-5-4-16(26(34)35-3)12-20(19)32(23)14-18-13-28-25(36-18)21-6-7-22(27)37-21/h4-7,12-13,15,17H,8-11,14H2,1-3H3,(H,29,33). The molecule has 0 unspecified atom stereocenters. The van der Waals surface area contributed by atoms with Crippen LogP contribution in [0.15, 0.2) is 36.5 Å². The van der Waals surface area contributed by atoms with Crippen molar-refractivity contribution in [2.75, 3.05) is 20.2 Å². The molecule has 5 rings (SSSR count). The van der Waals surface area contributed by atoms with Gasteiger partial charge >= 0.3 is 5.97 Å². The number of carbonyl (C=O) groups excluding carboxylic acids is 2. The van der Waals surface area contributed by atoms with E-state index in [-0.39, 0.29) is 11.9 Å². The Morgan fingerprint density at radius 3 is 2.65 bits per heavy atom. The van der Waals surface area contributed by atoms with Crippen LogP contribution in [0.2, 0.25) is 4.34 Å². The molecule has 8 nitrogen and oxygen atoms in total. The van der Waals surface area contributed by atoms with Crippen LogP contribution in [0, 0.1) is 0 Å². The van der Waals surface area contributed by atoms with Crippen molar-refractivity contribution in [1.82, 2.24) is 24.8 Å². The van der Waals surface area contributed by atoms with Gasteiger partial charge in [-0.3, -0.25) is 4.79 Å². The minimum Gasteiger partial charge on any atom is -0.465 e. The highest BCUT2D eigenvalue weighted by Crippen LogP contribution is 2.34. The quantitative estimate of drug-likeness (QED) is 0.310. The first-order valence-electron chi connectivity index (χ1n) is 12.2. The van der Waals surface area contributed by atoms with Crippen LogP contribution in [-0.4, -0.2) is 63.6 Å². The number of likely N-dealkylation sites (tertiary alicyclic amines) is 1. The number of nitrogens with zero attached hydrogens (tertiary/aromatic N) is 4. The third kappa shape index (κ3) is 5.57. The topological polar surface area (TPSA) is 89.3 Å². The van der Waals surface area contributed by atoms with E-state index in [9.17, 15) is 9.59 Å². The monoisotopic (exact) mass is 557 g/mol. The average Bonchev–Trinajstić information content (AvgIpc) is 3.62. The second-order valence-corrected chi connectivity index (χ2v) is 12.2. The number of aromatic nitrogens is 3. The molecular formula is C26H28ClN5O3S2. The number of ether oxygens (including phenoxy) is 1. The first-order valence-corrected chi connectivity index (χ1v) is 14.2. The molecule has 0 atom stereocenters. The number of hydrogen-bond donors (Lipinski definition) is 1. The van der Waals surface area contributed by atoms with Gasteiger partial charge in [0.2, 0.25) is 0 Å². The zero-order chi connectivity index (χ0) is 26.1. The molecule has 194 valence electrons. The number of amides is 1. The fourth-order valence-corrected chi connectivity index (χ4v) is 6.60. The van der Waals surface area contributed by atoms with Crippen molar-refractivity contribution in [1.29, 1.82) is 0 Å². The van der Waals surface area contributed by atoms with Gasteiger partial charge in [-0.1, -0.05) is 11.6 Å². The molecule has 0 bridgehead atoms. The van der Waals surface area contributed by atoms with Gasteiger partial charge in [0.15, 0.2) is 5.82 Å². The normalized spacial score (nSPS) is 14.9. The van der Waals surface area contributed by atoms with Crippen LogP contribution < -0.4 is 5.32 Å². The number of methoxy groups -OCH3 is 1. The van der Waals surface area contributed by atoms with Gasteiger partial charge in [-0.2, -0.15) is 0 Å². The molecular weight excluding hydrogens is 530 g/mol. The van der Waals surface area contributed by atoms with E-state index >= 15 is 0 Å². The molecule has 11 heteroatoms. The van der Waals surface area contributed by atoms with Crippen molar-refractivity contribution in [3.8, 4) is 9.88 Å². The first-order chi connectivity index (χ1) is 17.8. The molecule has 1 aromatic carbocycles. The highest BCUT2D eigenvalue weighted by atomic mass is 35.5. The van der Waals surface area contributed by atoms with Crippen LogP contribution in [0.5, 0.6) is 0 Å². The van der Waals surface area contributed by atoms with Crippen molar-refractivity contribution in [3.05, 3.63) is 57.1 Å². The molecule has 4 heterocycles. The molecule has 1 saturated heterocycles. The van der Waals surface area contributed by atoms with Gasteiger partial charge in [-0.05, 0) is 57.0 Å². The summed E-state index contributed by atoms with van der Waals surface area (Å²) >= 11 is 9.13. The maximum Gasteiger partial charge on any atom is 0.337 e. The second-order valence-electron chi connectivity index (χ2n) is 9.33.